The van der Waals surface area contributed by atoms with Crippen molar-refractivity contribution >= 4 is 33.2 Å². The van der Waals surface area contributed by atoms with Gasteiger partial charge in [-0.3, -0.25) is 9.69 Å². The van der Waals surface area contributed by atoms with Crippen LogP contribution in [0, 0.1) is 0 Å². The number of aromatic nitrogens is 2. The Morgan fingerprint density at radius 2 is 1.85 bits per heavy atom. The molecule has 3 aromatic rings. The summed E-state index contributed by atoms with van der Waals surface area (Å²) in [5.41, 5.74) is 2.71. The molecular formula is C24H26N4O3S2. The Morgan fingerprint density at radius 1 is 1.06 bits per heavy atom. The average molecular weight is 483 g/mol. The number of para-hydroxylation sites is 1. The van der Waals surface area contributed by atoms with Crippen molar-refractivity contribution in [1.29, 1.82) is 0 Å². The van der Waals surface area contributed by atoms with E-state index >= 15 is 0 Å². The molecule has 33 heavy (non-hydrogen) atoms. The van der Waals surface area contributed by atoms with Crippen LogP contribution in [0.1, 0.15) is 12.0 Å². The van der Waals surface area contributed by atoms with E-state index < -0.39 is 9.84 Å². The molecule has 7 nitrogen and oxygen atoms in total. The van der Waals surface area contributed by atoms with Crippen LogP contribution in [-0.2, 0) is 14.6 Å². The zero-order valence-electron chi connectivity index (χ0n) is 18.2. The lowest BCUT2D eigenvalue weighted by Crippen LogP contribution is -2.52. The molecule has 4 heterocycles. The Morgan fingerprint density at radius 3 is 2.52 bits per heavy atom. The zero-order valence-corrected chi connectivity index (χ0v) is 19.8. The Hall–Kier alpha value is -2.75. The second kappa shape index (κ2) is 9.24. The standard InChI is InChI=1S/C24H26N4O3S2/c29-23(27-13-11-26(12-14-27)21-10-16-33(30,31)18-21)9-8-19-17-28(20-5-2-1-3-6-20)25-24(19)22-7-4-15-32-22/h1-9,15,17,21H,10-14,16,18H2/b9-8+. The molecule has 9 heteroatoms. The van der Waals surface area contributed by atoms with E-state index in [1.165, 1.54) is 0 Å². The van der Waals surface area contributed by atoms with Crippen molar-refractivity contribution in [3.63, 3.8) is 0 Å². The summed E-state index contributed by atoms with van der Waals surface area (Å²) < 4.78 is 25.4. The summed E-state index contributed by atoms with van der Waals surface area (Å²) in [5, 5.41) is 6.79. The molecule has 1 aromatic carbocycles. The third kappa shape index (κ3) is 4.95. The molecule has 1 amide bonds. The van der Waals surface area contributed by atoms with Crippen LogP contribution in [0.2, 0.25) is 0 Å². The smallest absolute Gasteiger partial charge is 0.246 e. The highest BCUT2D eigenvalue weighted by atomic mass is 32.2. The third-order valence-corrected chi connectivity index (χ3v) is 8.90. The van der Waals surface area contributed by atoms with Gasteiger partial charge in [-0.15, -0.1) is 11.3 Å². The van der Waals surface area contributed by atoms with Gasteiger partial charge in [-0.2, -0.15) is 5.10 Å². The number of rotatable bonds is 5. The van der Waals surface area contributed by atoms with Gasteiger partial charge in [0.15, 0.2) is 9.84 Å². The number of sulfone groups is 1. The largest absolute Gasteiger partial charge is 0.337 e. The Labute approximate surface area is 197 Å². The molecule has 1 unspecified atom stereocenters. The summed E-state index contributed by atoms with van der Waals surface area (Å²) in [6, 6.07) is 14.0. The minimum Gasteiger partial charge on any atom is -0.337 e. The molecular weight excluding hydrogens is 456 g/mol. The van der Waals surface area contributed by atoms with Crippen LogP contribution in [0.5, 0.6) is 0 Å². The third-order valence-electron chi connectivity index (χ3n) is 6.27. The van der Waals surface area contributed by atoms with Gasteiger partial charge in [0, 0.05) is 50.1 Å². The van der Waals surface area contributed by atoms with Gasteiger partial charge in [0.25, 0.3) is 0 Å². The first-order valence-corrected chi connectivity index (χ1v) is 13.8. The lowest BCUT2D eigenvalue weighted by atomic mass is 10.1. The highest BCUT2D eigenvalue weighted by molar-refractivity contribution is 7.91. The van der Waals surface area contributed by atoms with Gasteiger partial charge in [-0.1, -0.05) is 24.3 Å². The average Bonchev–Trinajstić information content (AvgIpc) is 3.58. The van der Waals surface area contributed by atoms with E-state index in [0.29, 0.717) is 32.6 Å². The van der Waals surface area contributed by atoms with E-state index in [4.69, 9.17) is 5.10 Å². The predicted octanol–water partition coefficient (Wildman–Crippen LogP) is 2.95. The van der Waals surface area contributed by atoms with Gasteiger partial charge < -0.3 is 4.90 Å². The fourth-order valence-corrected chi connectivity index (χ4v) is 6.96. The summed E-state index contributed by atoms with van der Waals surface area (Å²) in [5.74, 6) is 0.499. The minimum absolute atomic E-state index is 0.0294. The maximum absolute atomic E-state index is 12.9. The summed E-state index contributed by atoms with van der Waals surface area (Å²) in [4.78, 5) is 18.0. The van der Waals surface area contributed by atoms with Gasteiger partial charge in [0.1, 0.15) is 5.69 Å². The van der Waals surface area contributed by atoms with Gasteiger partial charge in [0.2, 0.25) is 5.91 Å². The molecule has 172 valence electrons. The molecule has 5 rings (SSSR count). The first-order valence-electron chi connectivity index (χ1n) is 11.1. The van der Waals surface area contributed by atoms with Crippen molar-refractivity contribution in [3.05, 3.63) is 65.7 Å². The molecule has 0 aliphatic carbocycles. The van der Waals surface area contributed by atoms with Crippen molar-refractivity contribution in [3.8, 4) is 16.3 Å². The molecule has 0 N–H and O–H groups in total. The number of nitrogens with zero attached hydrogens (tertiary/aromatic N) is 4. The Kier molecular flexibility index (Phi) is 6.18. The first-order chi connectivity index (χ1) is 16.0. The molecule has 1 atom stereocenters. The predicted molar refractivity (Wildman–Crippen MR) is 131 cm³/mol. The highest BCUT2D eigenvalue weighted by Gasteiger charge is 2.34. The Balaban J connectivity index is 1.28. The van der Waals surface area contributed by atoms with E-state index in [1.807, 2.05) is 69.7 Å². The molecule has 0 radical (unpaired) electrons. The fraction of sp³-hybridized carbons (Fsp3) is 0.333. The van der Waals surface area contributed by atoms with Crippen molar-refractivity contribution in [2.24, 2.45) is 0 Å². The van der Waals surface area contributed by atoms with Gasteiger partial charge >= 0.3 is 0 Å². The number of amides is 1. The lowest BCUT2D eigenvalue weighted by Gasteiger charge is -2.37. The first kappa shape index (κ1) is 22.1. The number of carbonyl (C=O) groups excluding carboxylic acids is 1. The van der Waals surface area contributed by atoms with E-state index in [1.54, 1.807) is 17.4 Å². The second-order valence-electron chi connectivity index (χ2n) is 8.44. The number of benzene rings is 1. The number of thiophene rings is 1. The quantitative estimate of drug-likeness (QED) is 0.523. The van der Waals surface area contributed by atoms with E-state index in [2.05, 4.69) is 4.90 Å². The van der Waals surface area contributed by atoms with Crippen LogP contribution in [0.4, 0.5) is 0 Å². The molecule has 0 saturated carbocycles. The van der Waals surface area contributed by atoms with Crippen LogP contribution in [0.3, 0.4) is 0 Å². The van der Waals surface area contributed by atoms with E-state index in [9.17, 15) is 13.2 Å². The van der Waals surface area contributed by atoms with Crippen LogP contribution >= 0.6 is 11.3 Å². The van der Waals surface area contributed by atoms with E-state index in [0.717, 1.165) is 21.8 Å². The van der Waals surface area contributed by atoms with Gasteiger partial charge in [-0.25, -0.2) is 13.1 Å². The highest BCUT2D eigenvalue weighted by Crippen LogP contribution is 2.28. The summed E-state index contributed by atoms with van der Waals surface area (Å²) in [6.45, 7) is 2.65. The summed E-state index contributed by atoms with van der Waals surface area (Å²) in [7, 11) is -2.90. The molecule has 0 spiro atoms. The van der Waals surface area contributed by atoms with Crippen molar-refractivity contribution in [2.75, 3.05) is 37.7 Å². The number of piperazine rings is 1. The summed E-state index contributed by atoms with van der Waals surface area (Å²) in [6.07, 6.45) is 6.12. The molecule has 2 saturated heterocycles. The maximum Gasteiger partial charge on any atom is 0.246 e. The number of hydrogen-bond acceptors (Lipinski definition) is 6. The van der Waals surface area contributed by atoms with Crippen LogP contribution in [0.25, 0.3) is 22.3 Å². The van der Waals surface area contributed by atoms with Crippen molar-refractivity contribution < 1.29 is 13.2 Å². The SMILES string of the molecule is O=C(/C=C/c1cn(-c2ccccc2)nc1-c1cccs1)N1CCN(C2CCS(=O)(=O)C2)CC1. The molecule has 2 aliphatic heterocycles. The maximum atomic E-state index is 12.9. The lowest BCUT2D eigenvalue weighted by molar-refractivity contribution is -0.127. The monoisotopic (exact) mass is 482 g/mol. The zero-order chi connectivity index (χ0) is 22.8. The number of carbonyl (C=O) groups is 1. The van der Waals surface area contributed by atoms with Crippen molar-refractivity contribution in [2.45, 2.75) is 12.5 Å². The van der Waals surface area contributed by atoms with Crippen LogP contribution in [0.15, 0.2) is 60.1 Å². The van der Waals surface area contributed by atoms with Crippen LogP contribution < -0.4 is 0 Å². The normalized spacial score (nSPS) is 21.1. The fourth-order valence-electron chi connectivity index (χ4n) is 4.46. The van der Waals surface area contributed by atoms with Gasteiger partial charge in [-0.05, 0) is 36.1 Å². The molecule has 0 bridgehead atoms. The summed E-state index contributed by atoms with van der Waals surface area (Å²) >= 11 is 1.62. The molecule has 2 aliphatic rings. The second-order valence-corrected chi connectivity index (χ2v) is 11.6. The van der Waals surface area contributed by atoms with Crippen molar-refractivity contribution in [1.82, 2.24) is 19.6 Å². The molecule has 2 aromatic heterocycles. The minimum atomic E-state index is -2.90. The Bertz CT molecular complexity index is 1240. The topological polar surface area (TPSA) is 75.5 Å². The van der Waals surface area contributed by atoms with E-state index in [-0.39, 0.29) is 23.5 Å². The number of hydrogen-bond donors (Lipinski definition) is 0. The van der Waals surface area contributed by atoms with Crippen LogP contribution in [-0.4, -0.2) is 77.6 Å². The van der Waals surface area contributed by atoms with Gasteiger partial charge in [0.05, 0.1) is 22.1 Å². The molecule has 2 fully saturated rings.